The first-order valence-electron chi connectivity index (χ1n) is 5.85. The molecule has 1 unspecified atom stereocenters. The van der Waals surface area contributed by atoms with Gasteiger partial charge < -0.3 is 10.1 Å². The van der Waals surface area contributed by atoms with Crippen molar-refractivity contribution in [2.75, 3.05) is 33.9 Å². The zero-order chi connectivity index (χ0) is 12.8. The molecule has 0 aromatic heterocycles. The summed E-state index contributed by atoms with van der Waals surface area (Å²) in [5.74, 6) is 0. The lowest BCUT2D eigenvalue weighted by Gasteiger charge is -2.31. The van der Waals surface area contributed by atoms with E-state index in [4.69, 9.17) is 4.74 Å². The van der Waals surface area contributed by atoms with Crippen molar-refractivity contribution in [2.45, 2.75) is 39.3 Å². The van der Waals surface area contributed by atoms with Crippen molar-refractivity contribution in [1.82, 2.24) is 10.2 Å². The van der Waals surface area contributed by atoms with E-state index in [-0.39, 0.29) is 5.54 Å². The Morgan fingerprint density at radius 3 is 2.38 bits per heavy atom. The number of hydrogen-bond acceptors (Lipinski definition) is 3. The van der Waals surface area contributed by atoms with Crippen LogP contribution in [0.25, 0.3) is 0 Å². The van der Waals surface area contributed by atoms with Gasteiger partial charge in [-0.25, -0.2) is 0 Å². The molecule has 1 atom stereocenters. The highest BCUT2D eigenvalue weighted by Gasteiger charge is 2.17. The van der Waals surface area contributed by atoms with Crippen molar-refractivity contribution in [3.05, 3.63) is 12.2 Å². The van der Waals surface area contributed by atoms with E-state index in [0.717, 1.165) is 19.7 Å². The fraction of sp³-hybridized carbons (Fsp3) is 0.846. The summed E-state index contributed by atoms with van der Waals surface area (Å²) in [6.45, 7) is 15.1. The molecule has 0 saturated carbocycles. The predicted octanol–water partition coefficient (Wildman–Crippen LogP) is 1.90. The molecule has 0 saturated heterocycles. The minimum absolute atomic E-state index is 0.149. The Bertz CT molecular complexity index is 208. The summed E-state index contributed by atoms with van der Waals surface area (Å²) < 4.78 is 5.26. The van der Waals surface area contributed by atoms with Crippen molar-refractivity contribution in [1.29, 1.82) is 0 Å². The molecule has 0 aliphatic carbocycles. The van der Waals surface area contributed by atoms with Gasteiger partial charge in [-0.2, -0.15) is 0 Å². The molecule has 0 amide bonds. The molecule has 0 radical (unpaired) electrons. The molecule has 0 spiro atoms. The molecule has 1 N–H and O–H groups in total. The molecule has 0 rings (SSSR count). The van der Waals surface area contributed by atoms with Crippen LogP contribution in [-0.4, -0.2) is 50.3 Å². The molecular formula is C13H28N2O. The summed E-state index contributed by atoms with van der Waals surface area (Å²) in [6, 6.07) is 0.390. The molecule has 0 fully saturated rings. The van der Waals surface area contributed by atoms with Crippen molar-refractivity contribution in [2.24, 2.45) is 0 Å². The van der Waals surface area contributed by atoms with Gasteiger partial charge in [0.05, 0.1) is 6.61 Å². The summed E-state index contributed by atoms with van der Waals surface area (Å²) in [5, 5.41) is 3.51. The number of likely N-dealkylation sites (N-methyl/N-ethyl adjacent to an activating group) is 1. The maximum absolute atomic E-state index is 5.26. The van der Waals surface area contributed by atoms with Gasteiger partial charge in [0, 0.05) is 31.8 Å². The fourth-order valence-corrected chi connectivity index (χ4v) is 1.51. The second kappa shape index (κ2) is 7.05. The van der Waals surface area contributed by atoms with Crippen LogP contribution in [0, 0.1) is 0 Å². The number of methoxy groups -OCH3 is 1. The molecule has 3 nitrogen and oxygen atoms in total. The van der Waals surface area contributed by atoms with E-state index in [0.29, 0.717) is 6.04 Å². The molecule has 0 aromatic carbocycles. The van der Waals surface area contributed by atoms with Crippen LogP contribution in [0.3, 0.4) is 0 Å². The monoisotopic (exact) mass is 228 g/mol. The molecule has 0 heterocycles. The van der Waals surface area contributed by atoms with E-state index in [1.807, 2.05) is 0 Å². The summed E-state index contributed by atoms with van der Waals surface area (Å²) >= 11 is 0. The van der Waals surface area contributed by atoms with Crippen LogP contribution in [0.5, 0.6) is 0 Å². The zero-order valence-electron chi connectivity index (χ0n) is 11.8. The van der Waals surface area contributed by atoms with Crippen LogP contribution in [0.1, 0.15) is 27.7 Å². The van der Waals surface area contributed by atoms with Crippen LogP contribution in [0.2, 0.25) is 0 Å². The number of ether oxygens (including phenoxy) is 1. The summed E-state index contributed by atoms with van der Waals surface area (Å²) in [4.78, 5) is 2.28. The minimum atomic E-state index is 0.149. The average Bonchev–Trinajstić information content (AvgIpc) is 2.09. The van der Waals surface area contributed by atoms with Gasteiger partial charge in [0.1, 0.15) is 0 Å². The Balaban J connectivity index is 4.20. The van der Waals surface area contributed by atoms with E-state index in [1.54, 1.807) is 7.11 Å². The SMILES string of the molecule is C=C(C)CN(C)C(CNC(C)(C)C)COC. The molecule has 96 valence electrons. The standard InChI is InChI=1S/C13H28N2O/c1-11(2)9-15(6)12(10-16-7)8-14-13(3,4)5/h12,14H,1,8-10H2,2-7H3. The van der Waals surface area contributed by atoms with Crippen LogP contribution < -0.4 is 5.32 Å². The van der Waals surface area contributed by atoms with Crippen molar-refractivity contribution in [3.63, 3.8) is 0 Å². The van der Waals surface area contributed by atoms with Crippen LogP contribution >= 0.6 is 0 Å². The van der Waals surface area contributed by atoms with Crippen molar-refractivity contribution >= 4 is 0 Å². The third-order valence-electron chi connectivity index (χ3n) is 2.37. The highest BCUT2D eigenvalue weighted by Crippen LogP contribution is 2.04. The quantitative estimate of drug-likeness (QED) is 0.674. The molecule has 0 aliphatic rings. The lowest BCUT2D eigenvalue weighted by atomic mass is 10.1. The van der Waals surface area contributed by atoms with E-state index in [1.165, 1.54) is 5.57 Å². The number of nitrogens with zero attached hydrogens (tertiary/aromatic N) is 1. The van der Waals surface area contributed by atoms with Gasteiger partial charge in [0.25, 0.3) is 0 Å². The van der Waals surface area contributed by atoms with E-state index >= 15 is 0 Å². The first kappa shape index (κ1) is 15.6. The molecule has 0 aromatic rings. The third-order valence-corrected chi connectivity index (χ3v) is 2.37. The summed E-state index contributed by atoms with van der Waals surface area (Å²) in [7, 11) is 3.86. The summed E-state index contributed by atoms with van der Waals surface area (Å²) in [5.41, 5.74) is 1.33. The Labute approximate surface area is 101 Å². The predicted molar refractivity (Wildman–Crippen MR) is 70.9 cm³/mol. The summed E-state index contributed by atoms with van der Waals surface area (Å²) in [6.07, 6.45) is 0. The second-order valence-electron chi connectivity index (χ2n) is 5.61. The molecule has 0 bridgehead atoms. The lowest BCUT2D eigenvalue weighted by Crippen LogP contribution is -2.48. The maximum atomic E-state index is 5.26. The number of hydrogen-bond donors (Lipinski definition) is 1. The number of nitrogens with one attached hydrogen (secondary N) is 1. The van der Waals surface area contributed by atoms with Crippen molar-refractivity contribution < 1.29 is 4.74 Å². The Morgan fingerprint density at radius 2 is 2.00 bits per heavy atom. The largest absolute Gasteiger partial charge is 0.383 e. The van der Waals surface area contributed by atoms with Gasteiger partial charge >= 0.3 is 0 Å². The normalized spacial score (nSPS) is 14.2. The smallest absolute Gasteiger partial charge is 0.0630 e. The third kappa shape index (κ3) is 7.85. The van der Waals surface area contributed by atoms with E-state index in [9.17, 15) is 0 Å². The Morgan fingerprint density at radius 1 is 1.44 bits per heavy atom. The fourth-order valence-electron chi connectivity index (χ4n) is 1.51. The topological polar surface area (TPSA) is 24.5 Å². The van der Waals surface area contributed by atoms with Gasteiger partial charge in [0.2, 0.25) is 0 Å². The maximum Gasteiger partial charge on any atom is 0.0630 e. The first-order valence-corrected chi connectivity index (χ1v) is 5.85. The minimum Gasteiger partial charge on any atom is -0.383 e. The lowest BCUT2D eigenvalue weighted by molar-refractivity contribution is 0.106. The van der Waals surface area contributed by atoms with Crippen LogP contribution in [-0.2, 0) is 4.74 Å². The average molecular weight is 228 g/mol. The number of rotatable bonds is 7. The van der Waals surface area contributed by atoms with E-state index < -0.39 is 0 Å². The van der Waals surface area contributed by atoms with Gasteiger partial charge in [-0.05, 0) is 34.7 Å². The molecule has 0 aliphatic heterocycles. The Kier molecular flexibility index (Phi) is 6.88. The van der Waals surface area contributed by atoms with Gasteiger partial charge in [-0.15, -0.1) is 0 Å². The molecular weight excluding hydrogens is 200 g/mol. The Hall–Kier alpha value is -0.380. The van der Waals surface area contributed by atoms with Crippen LogP contribution in [0.15, 0.2) is 12.2 Å². The first-order chi connectivity index (χ1) is 7.26. The highest BCUT2D eigenvalue weighted by atomic mass is 16.5. The second-order valence-corrected chi connectivity index (χ2v) is 5.61. The molecule has 3 heteroatoms. The molecule has 16 heavy (non-hydrogen) atoms. The van der Waals surface area contributed by atoms with Gasteiger partial charge in [-0.1, -0.05) is 12.2 Å². The van der Waals surface area contributed by atoms with Crippen LogP contribution in [0.4, 0.5) is 0 Å². The van der Waals surface area contributed by atoms with Gasteiger partial charge in [0.15, 0.2) is 0 Å². The zero-order valence-corrected chi connectivity index (χ0v) is 11.8. The van der Waals surface area contributed by atoms with Crippen molar-refractivity contribution in [3.8, 4) is 0 Å². The highest BCUT2D eigenvalue weighted by molar-refractivity contribution is 4.93. The van der Waals surface area contributed by atoms with E-state index in [2.05, 4.69) is 51.5 Å². The van der Waals surface area contributed by atoms with Gasteiger partial charge in [-0.3, -0.25) is 4.90 Å².